The van der Waals surface area contributed by atoms with Gasteiger partial charge >= 0.3 is 0 Å². The lowest BCUT2D eigenvalue weighted by Crippen LogP contribution is -2.22. The summed E-state index contributed by atoms with van der Waals surface area (Å²) in [6.45, 7) is 2.52. The van der Waals surface area contributed by atoms with Gasteiger partial charge in [0.2, 0.25) is 0 Å². The maximum atomic E-state index is 5.67. The van der Waals surface area contributed by atoms with Gasteiger partial charge in [-0.3, -0.25) is 4.90 Å². The Morgan fingerprint density at radius 2 is 1.82 bits per heavy atom. The van der Waals surface area contributed by atoms with Crippen molar-refractivity contribution in [1.29, 1.82) is 0 Å². The van der Waals surface area contributed by atoms with Crippen LogP contribution in [0, 0.1) is 0 Å². The number of hydrogen-bond acceptors (Lipinski definition) is 2. The molecule has 2 heteroatoms. The lowest BCUT2D eigenvalue weighted by Gasteiger charge is -2.22. The van der Waals surface area contributed by atoms with Crippen LogP contribution in [0.2, 0.25) is 0 Å². The third-order valence-corrected chi connectivity index (χ3v) is 3.77. The first-order valence-corrected chi connectivity index (χ1v) is 7.64. The molecule has 22 heavy (non-hydrogen) atoms. The molecule has 0 aromatic heterocycles. The topological polar surface area (TPSA) is 12.5 Å². The minimum Gasteiger partial charge on any atom is -0.489 e. The fourth-order valence-corrected chi connectivity index (χ4v) is 2.64. The minimum absolute atomic E-state index is 0.667. The highest BCUT2D eigenvalue weighted by Crippen LogP contribution is 2.29. The zero-order chi connectivity index (χ0) is 15.2. The van der Waals surface area contributed by atoms with Crippen molar-refractivity contribution < 1.29 is 4.74 Å². The van der Waals surface area contributed by atoms with E-state index in [0.717, 1.165) is 18.8 Å². The van der Waals surface area contributed by atoms with E-state index in [1.54, 1.807) is 0 Å². The van der Waals surface area contributed by atoms with Gasteiger partial charge in [-0.25, -0.2) is 0 Å². The lowest BCUT2D eigenvalue weighted by molar-refractivity contribution is 0.352. The van der Waals surface area contributed by atoms with Crippen LogP contribution in [0.3, 0.4) is 0 Å². The normalized spacial score (nSPS) is 13.8. The Hall–Kier alpha value is -2.32. The molecule has 1 heterocycles. The van der Waals surface area contributed by atoms with Crippen LogP contribution in [-0.2, 0) is 0 Å². The Morgan fingerprint density at radius 3 is 2.68 bits per heavy atom. The Labute approximate surface area is 132 Å². The highest BCUT2D eigenvalue weighted by Gasteiger charge is 2.13. The summed E-state index contributed by atoms with van der Waals surface area (Å²) >= 11 is 0. The molecule has 0 unspecified atom stereocenters. The van der Waals surface area contributed by atoms with E-state index < -0.39 is 0 Å². The van der Waals surface area contributed by atoms with E-state index in [1.165, 1.54) is 16.7 Å². The highest BCUT2D eigenvalue weighted by atomic mass is 16.5. The van der Waals surface area contributed by atoms with Gasteiger partial charge in [0.15, 0.2) is 0 Å². The van der Waals surface area contributed by atoms with Crippen molar-refractivity contribution in [2.24, 2.45) is 0 Å². The van der Waals surface area contributed by atoms with E-state index in [2.05, 4.69) is 66.6 Å². The van der Waals surface area contributed by atoms with Crippen LogP contribution in [0.25, 0.3) is 11.6 Å². The van der Waals surface area contributed by atoms with Gasteiger partial charge in [0.05, 0.1) is 0 Å². The number of benzene rings is 2. The van der Waals surface area contributed by atoms with E-state index in [4.69, 9.17) is 4.74 Å². The second-order valence-corrected chi connectivity index (χ2v) is 5.55. The van der Waals surface area contributed by atoms with Crippen molar-refractivity contribution >= 4 is 11.6 Å². The highest BCUT2D eigenvalue weighted by molar-refractivity contribution is 5.73. The summed E-state index contributed by atoms with van der Waals surface area (Å²) < 4.78 is 5.67. The number of ether oxygens (including phenoxy) is 1. The van der Waals surface area contributed by atoms with Gasteiger partial charge in [0.25, 0.3) is 0 Å². The summed E-state index contributed by atoms with van der Waals surface area (Å²) in [5.41, 5.74) is 3.80. The number of likely N-dealkylation sites (N-methyl/N-ethyl adjacent to an activating group) is 1. The SMILES string of the molecule is CN(C/C=C/c1ccccc1)CC1=CCOc2ccccc21. The first-order chi connectivity index (χ1) is 10.8. The van der Waals surface area contributed by atoms with Crippen molar-refractivity contribution in [3.63, 3.8) is 0 Å². The molecule has 1 aliphatic rings. The maximum absolute atomic E-state index is 5.67. The minimum atomic E-state index is 0.667. The van der Waals surface area contributed by atoms with Crippen molar-refractivity contribution in [1.82, 2.24) is 4.90 Å². The van der Waals surface area contributed by atoms with Gasteiger partial charge < -0.3 is 4.74 Å². The van der Waals surface area contributed by atoms with Gasteiger partial charge in [0, 0.05) is 18.7 Å². The summed E-state index contributed by atoms with van der Waals surface area (Å²) in [6.07, 6.45) is 6.56. The van der Waals surface area contributed by atoms with Crippen molar-refractivity contribution in [3.05, 3.63) is 77.9 Å². The van der Waals surface area contributed by atoms with Crippen molar-refractivity contribution in [2.45, 2.75) is 0 Å². The molecule has 2 nitrogen and oxygen atoms in total. The standard InChI is InChI=1S/C20H21NO/c1-21(14-7-10-17-8-3-2-4-9-17)16-18-13-15-22-20-12-6-5-11-19(18)20/h2-13H,14-16H2,1H3/b10-7+. The smallest absolute Gasteiger partial charge is 0.127 e. The van der Waals surface area contributed by atoms with Gasteiger partial charge in [0.1, 0.15) is 12.4 Å². The molecule has 1 aliphatic heterocycles. The van der Waals surface area contributed by atoms with E-state index >= 15 is 0 Å². The number of rotatable bonds is 5. The zero-order valence-corrected chi connectivity index (χ0v) is 12.9. The fraction of sp³-hybridized carbons (Fsp3) is 0.200. The Kier molecular flexibility index (Phi) is 4.71. The van der Waals surface area contributed by atoms with Crippen LogP contribution >= 0.6 is 0 Å². The Balaban J connectivity index is 1.59. The predicted molar refractivity (Wildman–Crippen MR) is 92.9 cm³/mol. The molecule has 0 atom stereocenters. The van der Waals surface area contributed by atoms with Crippen molar-refractivity contribution in [2.75, 3.05) is 26.7 Å². The van der Waals surface area contributed by atoms with Crippen LogP contribution < -0.4 is 4.74 Å². The average Bonchev–Trinajstić information content (AvgIpc) is 2.56. The van der Waals surface area contributed by atoms with Crippen LogP contribution in [0.4, 0.5) is 0 Å². The molecule has 0 fully saturated rings. The van der Waals surface area contributed by atoms with Crippen LogP contribution in [0.15, 0.2) is 66.7 Å². The second-order valence-electron chi connectivity index (χ2n) is 5.55. The fourth-order valence-electron chi connectivity index (χ4n) is 2.64. The van der Waals surface area contributed by atoms with Crippen LogP contribution in [0.5, 0.6) is 5.75 Å². The van der Waals surface area contributed by atoms with Gasteiger partial charge in [-0.1, -0.05) is 60.7 Å². The largest absolute Gasteiger partial charge is 0.489 e. The van der Waals surface area contributed by atoms with Crippen molar-refractivity contribution in [3.8, 4) is 5.75 Å². The predicted octanol–water partition coefficient (Wildman–Crippen LogP) is 4.11. The lowest BCUT2D eigenvalue weighted by atomic mass is 10.0. The molecule has 0 N–H and O–H groups in total. The van der Waals surface area contributed by atoms with Gasteiger partial charge in [-0.2, -0.15) is 0 Å². The summed E-state index contributed by atoms with van der Waals surface area (Å²) in [5.74, 6) is 0.994. The zero-order valence-electron chi connectivity index (χ0n) is 12.9. The molecule has 0 saturated heterocycles. The molecule has 2 aromatic carbocycles. The molecular weight excluding hydrogens is 270 g/mol. The number of nitrogens with zero attached hydrogens (tertiary/aromatic N) is 1. The number of para-hydroxylation sites is 1. The average molecular weight is 291 g/mol. The summed E-state index contributed by atoms with van der Waals surface area (Å²) in [7, 11) is 2.15. The van der Waals surface area contributed by atoms with E-state index in [-0.39, 0.29) is 0 Å². The Bertz CT molecular complexity index is 673. The Morgan fingerprint density at radius 1 is 1.05 bits per heavy atom. The van der Waals surface area contributed by atoms with E-state index in [9.17, 15) is 0 Å². The molecule has 0 saturated carbocycles. The third kappa shape index (κ3) is 3.66. The monoisotopic (exact) mass is 291 g/mol. The van der Waals surface area contributed by atoms with Crippen LogP contribution in [0.1, 0.15) is 11.1 Å². The third-order valence-electron chi connectivity index (χ3n) is 3.77. The van der Waals surface area contributed by atoms with E-state index in [1.807, 2.05) is 18.2 Å². The molecule has 0 amide bonds. The quantitative estimate of drug-likeness (QED) is 0.822. The number of fused-ring (bicyclic) bond motifs is 1. The molecule has 0 aliphatic carbocycles. The molecule has 0 radical (unpaired) electrons. The molecule has 0 spiro atoms. The summed E-state index contributed by atoms with van der Waals surface area (Å²) in [5, 5.41) is 0. The molecule has 2 aromatic rings. The molecular formula is C20H21NO. The first-order valence-electron chi connectivity index (χ1n) is 7.64. The molecule has 3 rings (SSSR count). The van der Waals surface area contributed by atoms with E-state index in [0.29, 0.717) is 6.61 Å². The van der Waals surface area contributed by atoms with Crippen LogP contribution in [-0.4, -0.2) is 31.6 Å². The molecule has 112 valence electrons. The maximum Gasteiger partial charge on any atom is 0.127 e. The summed E-state index contributed by atoms with van der Waals surface area (Å²) in [4.78, 5) is 2.31. The number of hydrogen-bond donors (Lipinski definition) is 0. The van der Waals surface area contributed by atoms with Gasteiger partial charge in [-0.15, -0.1) is 0 Å². The van der Waals surface area contributed by atoms with Gasteiger partial charge in [-0.05, 0) is 30.3 Å². The molecule has 0 bridgehead atoms. The summed E-state index contributed by atoms with van der Waals surface area (Å²) in [6, 6.07) is 18.7. The first kappa shape index (κ1) is 14.6. The second kappa shape index (κ2) is 7.10.